The molecule has 0 bridgehead atoms. The molecule has 0 spiro atoms. The van der Waals surface area contributed by atoms with E-state index >= 15 is 0 Å². The summed E-state index contributed by atoms with van der Waals surface area (Å²) < 4.78 is 15.8. The zero-order chi connectivity index (χ0) is 17.2. The maximum absolute atomic E-state index is 12.1. The Hall–Kier alpha value is -2.24. The van der Waals surface area contributed by atoms with Gasteiger partial charge in [-0.2, -0.15) is 0 Å². The van der Waals surface area contributed by atoms with Crippen molar-refractivity contribution in [2.45, 2.75) is 38.7 Å². The van der Waals surface area contributed by atoms with E-state index in [4.69, 9.17) is 14.2 Å². The number of imide groups is 1. The number of amides is 2. The Bertz CT molecular complexity index is 605. The van der Waals surface area contributed by atoms with E-state index in [0.29, 0.717) is 18.0 Å². The van der Waals surface area contributed by atoms with E-state index in [2.05, 4.69) is 0 Å². The molecule has 23 heavy (non-hydrogen) atoms. The lowest BCUT2D eigenvalue weighted by Gasteiger charge is -2.23. The van der Waals surface area contributed by atoms with E-state index in [1.54, 1.807) is 41.1 Å². The van der Waals surface area contributed by atoms with Crippen LogP contribution in [0.25, 0.3) is 0 Å². The smallest absolute Gasteiger partial charge is 0.417 e. The zero-order valence-electron chi connectivity index (χ0n) is 14.2. The lowest BCUT2D eigenvalue weighted by molar-refractivity contribution is -0.126. The van der Waals surface area contributed by atoms with Crippen LogP contribution >= 0.6 is 0 Å². The van der Waals surface area contributed by atoms with Crippen LogP contribution in [0.15, 0.2) is 18.2 Å². The van der Waals surface area contributed by atoms with Crippen LogP contribution in [0.5, 0.6) is 11.5 Å². The summed E-state index contributed by atoms with van der Waals surface area (Å²) >= 11 is 0. The van der Waals surface area contributed by atoms with E-state index in [1.807, 2.05) is 12.1 Å². The fourth-order valence-corrected chi connectivity index (χ4v) is 2.53. The predicted molar refractivity (Wildman–Crippen MR) is 84.9 cm³/mol. The van der Waals surface area contributed by atoms with Crippen LogP contribution in [0, 0.1) is 0 Å². The molecule has 0 saturated carbocycles. The van der Waals surface area contributed by atoms with Crippen molar-refractivity contribution in [2.24, 2.45) is 0 Å². The summed E-state index contributed by atoms with van der Waals surface area (Å²) in [6, 6.07) is 5.53. The fourth-order valence-electron chi connectivity index (χ4n) is 2.53. The monoisotopic (exact) mass is 321 g/mol. The van der Waals surface area contributed by atoms with E-state index in [9.17, 15) is 9.59 Å². The number of likely N-dealkylation sites (tertiary alicyclic amines) is 1. The van der Waals surface area contributed by atoms with Crippen LogP contribution in [0.2, 0.25) is 0 Å². The van der Waals surface area contributed by atoms with Crippen LogP contribution in [0.4, 0.5) is 4.79 Å². The highest BCUT2D eigenvalue weighted by molar-refractivity contribution is 5.94. The van der Waals surface area contributed by atoms with Crippen LogP contribution < -0.4 is 9.47 Å². The molecule has 2 rings (SSSR count). The van der Waals surface area contributed by atoms with Crippen molar-refractivity contribution >= 4 is 12.0 Å². The van der Waals surface area contributed by atoms with Gasteiger partial charge in [-0.1, -0.05) is 6.07 Å². The zero-order valence-corrected chi connectivity index (χ0v) is 14.2. The third-order valence-corrected chi connectivity index (χ3v) is 3.62. The Kier molecular flexibility index (Phi) is 4.82. The Labute approximate surface area is 136 Å². The minimum absolute atomic E-state index is 0.0742. The lowest BCUT2D eigenvalue weighted by Crippen LogP contribution is -2.37. The number of hydrogen-bond acceptors (Lipinski definition) is 5. The number of methoxy groups -OCH3 is 2. The molecule has 126 valence electrons. The highest BCUT2D eigenvalue weighted by Crippen LogP contribution is 2.35. The molecule has 1 unspecified atom stereocenters. The Morgan fingerprint density at radius 1 is 1.17 bits per heavy atom. The van der Waals surface area contributed by atoms with E-state index in [1.165, 1.54) is 4.90 Å². The minimum atomic E-state index is -0.626. The summed E-state index contributed by atoms with van der Waals surface area (Å²) in [4.78, 5) is 25.4. The van der Waals surface area contributed by atoms with Crippen molar-refractivity contribution in [1.82, 2.24) is 4.90 Å². The van der Waals surface area contributed by atoms with Crippen LogP contribution in [0.1, 0.15) is 38.7 Å². The van der Waals surface area contributed by atoms with Gasteiger partial charge in [0, 0.05) is 18.9 Å². The van der Waals surface area contributed by atoms with Gasteiger partial charge >= 0.3 is 6.09 Å². The van der Waals surface area contributed by atoms with Gasteiger partial charge in [-0.3, -0.25) is 4.79 Å². The normalized spacial score (nSPS) is 18.0. The Balaban J connectivity index is 2.15. The van der Waals surface area contributed by atoms with E-state index in [0.717, 1.165) is 5.56 Å². The first-order chi connectivity index (χ1) is 10.7. The third kappa shape index (κ3) is 3.94. The predicted octanol–water partition coefficient (Wildman–Crippen LogP) is 2.95. The average Bonchev–Trinajstić information content (AvgIpc) is 2.87. The van der Waals surface area contributed by atoms with Crippen molar-refractivity contribution in [2.75, 3.05) is 20.8 Å². The molecular weight excluding hydrogens is 298 g/mol. The summed E-state index contributed by atoms with van der Waals surface area (Å²) in [5.74, 6) is 0.937. The molecule has 2 amide bonds. The second kappa shape index (κ2) is 6.48. The molecule has 1 aromatic rings. The van der Waals surface area contributed by atoms with Gasteiger partial charge in [0.1, 0.15) is 5.60 Å². The van der Waals surface area contributed by atoms with Crippen LogP contribution in [0.3, 0.4) is 0 Å². The largest absolute Gasteiger partial charge is 0.493 e. The summed E-state index contributed by atoms with van der Waals surface area (Å²) in [5.41, 5.74) is 0.306. The molecule has 1 aliphatic heterocycles. The molecular formula is C17H23NO5. The first kappa shape index (κ1) is 17.1. The standard InChI is InChI=1S/C17H23NO5/c1-17(2,3)23-16(20)18-10-12(9-15(18)19)11-6-7-13(21-4)14(8-11)22-5/h6-8,12H,9-10H2,1-5H3. The van der Waals surface area contributed by atoms with Crippen molar-refractivity contribution in [3.05, 3.63) is 23.8 Å². The molecule has 1 aliphatic rings. The first-order valence-corrected chi connectivity index (χ1v) is 7.50. The number of carbonyl (C=O) groups is 2. The number of benzene rings is 1. The van der Waals surface area contributed by atoms with E-state index < -0.39 is 11.7 Å². The van der Waals surface area contributed by atoms with Gasteiger partial charge in [0.15, 0.2) is 11.5 Å². The number of carbonyl (C=O) groups excluding carboxylic acids is 2. The molecule has 0 aliphatic carbocycles. The average molecular weight is 321 g/mol. The van der Waals surface area contributed by atoms with Crippen LogP contribution in [-0.2, 0) is 9.53 Å². The molecule has 0 N–H and O–H groups in total. The molecule has 1 saturated heterocycles. The second-order valence-electron chi connectivity index (χ2n) is 6.50. The summed E-state index contributed by atoms with van der Waals surface area (Å²) in [5, 5.41) is 0. The van der Waals surface area contributed by atoms with Crippen molar-refractivity contribution in [1.29, 1.82) is 0 Å². The number of hydrogen-bond donors (Lipinski definition) is 0. The molecule has 0 radical (unpaired) electrons. The summed E-state index contributed by atoms with van der Waals surface area (Å²) in [6.45, 7) is 5.63. The van der Waals surface area contributed by atoms with Crippen LogP contribution in [-0.4, -0.2) is 43.3 Å². The number of nitrogens with zero attached hydrogens (tertiary/aromatic N) is 1. The fraction of sp³-hybridized carbons (Fsp3) is 0.529. The lowest BCUT2D eigenvalue weighted by atomic mass is 9.98. The van der Waals surface area contributed by atoms with Gasteiger partial charge in [0.25, 0.3) is 0 Å². The molecule has 1 fully saturated rings. The SMILES string of the molecule is COc1ccc(C2CC(=O)N(C(=O)OC(C)(C)C)C2)cc1OC. The van der Waals surface area contributed by atoms with Crippen molar-refractivity contribution < 1.29 is 23.8 Å². The number of ether oxygens (including phenoxy) is 3. The quantitative estimate of drug-likeness (QED) is 0.856. The summed E-state index contributed by atoms with van der Waals surface area (Å²) in [6.07, 6.45) is -0.320. The molecule has 1 atom stereocenters. The molecule has 1 heterocycles. The van der Waals surface area contributed by atoms with Gasteiger partial charge in [-0.25, -0.2) is 9.69 Å². The molecule has 6 heteroatoms. The third-order valence-electron chi connectivity index (χ3n) is 3.62. The topological polar surface area (TPSA) is 65.1 Å². The van der Waals surface area contributed by atoms with Gasteiger partial charge in [-0.15, -0.1) is 0 Å². The highest BCUT2D eigenvalue weighted by atomic mass is 16.6. The summed E-state index contributed by atoms with van der Waals surface area (Å²) in [7, 11) is 3.13. The van der Waals surface area contributed by atoms with Gasteiger partial charge < -0.3 is 14.2 Å². The Morgan fingerprint density at radius 2 is 1.83 bits per heavy atom. The van der Waals surface area contributed by atoms with Gasteiger partial charge in [-0.05, 0) is 38.5 Å². The van der Waals surface area contributed by atoms with Crippen molar-refractivity contribution in [3.63, 3.8) is 0 Å². The highest BCUT2D eigenvalue weighted by Gasteiger charge is 2.37. The van der Waals surface area contributed by atoms with Crippen molar-refractivity contribution in [3.8, 4) is 11.5 Å². The number of rotatable bonds is 3. The Morgan fingerprint density at radius 3 is 2.39 bits per heavy atom. The molecule has 6 nitrogen and oxygen atoms in total. The van der Waals surface area contributed by atoms with E-state index in [-0.39, 0.29) is 18.2 Å². The molecule has 1 aromatic carbocycles. The maximum atomic E-state index is 12.1. The minimum Gasteiger partial charge on any atom is -0.493 e. The van der Waals surface area contributed by atoms with Gasteiger partial charge in [0.05, 0.1) is 14.2 Å². The second-order valence-corrected chi connectivity index (χ2v) is 6.50. The van der Waals surface area contributed by atoms with Gasteiger partial charge in [0.2, 0.25) is 5.91 Å². The first-order valence-electron chi connectivity index (χ1n) is 7.50. The maximum Gasteiger partial charge on any atom is 0.417 e. The molecule has 0 aromatic heterocycles.